The van der Waals surface area contributed by atoms with Gasteiger partial charge in [0.2, 0.25) is 0 Å². The van der Waals surface area contributed by atoms with Crippen LogP contribution < -0.4 is 15.5 Å². The number of ether oxygens (including phenoxy) is 1. The third-order valence-corrected chi connectivity index (χ3v) is 7.07. The maximum atomic E-state index is 12.7. The Morgan fingerprint density at radius 2 is 1.57 bits per heavy atom. The number of hydrazone groups is 1. The number of carbonyl (C=O) groups is 3. The molecule has 2 amide bonds. The standard InChI is InChI=1S/C28H18ClN3O4S/c29-24-21-12-3-4-14-23(21)37-25(24)28(35)36-19-10-5-7-17(15-19)16-30-32-27(34)26(33)31-22-13-6-9-18-8-1-2-11-20(18)22/h1-16H,(H,31,33)(H,32,34)/b30-16-. The number of hydrogen-bond acceptors (Lipinski definition) is 6. The van der Waals surface area contributed by atoms with E-state index < -0.39 is 17.8 Å². The van der Waals surface area contributed by atoms with Crippen LogP contribution in [0.25, 0.3) is 20.9 Å². The molecule has 0 fully saturated rings. The summed E-state index contributed by atoms with van der Waals surface area (Å²) in [4.78, 5) is 37.6. The number of rotatable bonds is 5. The number of carbonyl (C=O) groups excluding carboxylic acids is 3. The van der Waals surface area contributed by atoms with Gasteiger partial charge < -0.3 is 10.1 Å². The summed E-state index contributed by atoms with van der Waals surface area (Å²) in [6.07, 6.45) is 1.34. The molecule has 37 heavy (non-hydrogen) atoms. The van der Waals surface area contributed by atoms with Crippen LogP contribution in [0.3, 0.4) is 0 Å². The Hall–Kier alpha value is -4.53. The van der Waals surface area contributed by atoms with E-state index in [1.165, 1.54) is 17.6 Å². The van der Waals surface area contributed by atoms with Crippen LogP contribution in [0.5, 0.6) is 5.75 Å². The van der Waals surface area contributed by atoms with E-state index in [0.717, 1.165) is 20.9 Å². The zero-order valence-corrected chi connectivity index (χ0v) is 20.7. The maximum absolute atomic E-state index is 12.7. The Bertz CT molecular complexity index is 1690. The summed E-state index contributed by atoms with van der Waals surface area (Å²) in [5.41, 5.74) is 3.27. The van der Waals surface area contributed by atoms with Gasteiger partial charge in [0.1, 0.15) is 10.6 Å². The number of nitrogens with one attached hydrogen (secondary N) is 2. The van der Waals surface area contributed by atoms with Gasteiger partial charge in [-0.25, -0.2) is 10.2 Å². The molecule has 0 bridgehead atoms. The van der Waals surface area contributed by atoms with Crippen LogP contribution in [-0.2, 0) is 9.59 Å². The molecule has 0 unspecified atom stereocenters. The molecule has 1 aromatic heterocycles. The third kappa shape index (κ3) is 5.35. The zero-order chi connectivity index (χ0) is 25.8. The van der Waals surface area contributed by atoms with Crippen LogP contribution >= 0.6 is 22.9 Å². The molecule has 182 valence electrons. The second-order valence-corrected chi connectivity index (χ2v) is 9.31. The number of amides is 2. The number of benzene rings is 4. The summed E-state index contributed by atoms with van der Waals surface area (Å²) in [6.45, 7) is 0. The van der Waals surface area contributed by atoms with Crippen molar-refractivity contribution < 1.29 is 19.1 Å². The molecule has 0 saturated carbocycles. The molecule has 0 saturated heterocycles. The fourth-order valence-corrected chi connectivity index (χ4v) is 5.07. The lowest BCUT2D eigenvalue weighted by atomic mass is 10.1. The second-order valence-electron chi connectivity index (χ2n) is 7.88. The summed E-state index contributed by atoms with van der Waals surface area (Å²) < 4.78 is 6.38. The minimum atomic E-state index is -0.925. The fraction of sp³-hybridized carbons (Fsp3) is 0. The van der Waals surface area contributed by atoms with E-state index in [1.807, 2.05) is 54.6 Å². The predicted octanol–water partition coefficient (Wildman–Crippen LogP) is 6.02. The molecule has 0 atom stereocenters. The van der Waals surface area contributed by atoms with Gasteiger partial charge in [-0.3, -0.25) is 9.59 Å². The van der Waals surface area contributed by atoms with Gasteiger partial charge in [-0.2, -0.15) is 5.10 Å². The highest BCUT2D eigenvalue weighted by Crippen LogP contribution is 2.35. The minimum absolute atomic E-state index is 0.280. The average Bonchev–Trinajstić information content (AvgIpc) is 3.25. The van der Waals surface area contributed by atoms with Crippen molar-refractivity contribution in [2.75, 3.05) is 5.32 Å². The molecule has 5 rings (SSSR count). The van der Waals surface area contributed by atoms with Crippen molar-refractivity contribution in [1.29, 1.82) is 0 Å². The first kappa shape index (κ1) is 24.2. The zero-order valence-electron chi connectivity index (χ0n) is 19.1. The Labute approximate surface area is 220 Å². The Kier molecular flexibility index (Phi) is 6.93. The molecule has 0 aliphatic carbocycles. The van der Waals surface area contributed by atoms with Gasteiger partial charge in [-0.15, -0.1) is 11.3 Å². The highest BCUT2D eigenvalue weighted by Gasteiger charge is 2.19. The Morgan fingerprint density at radius 1 is 0.838 bits per heavy atom. The molecule has 5 aromatic rings. The molecule has 0 radical (unpaired) electrons. The largest absolute Gasteiger partial charge is 0.422 e. The average molecular weight is 528 g/mol. The van der Waals surface area contributed by atoms with Crippen molar-refractivity contribution in [3.05, 3.63) is 106 Å². The first-order chi connectivity index (χ1) is 18.0. The van der Waals surface area contributed by atoms with Crippen LogP contribution in [0.2, 0.25) is 5.02 Å². The second kappa shape index (κ2) is 10.6. The van der Waals surface area contributed by atoms with E-state index >= 15 is 0 Å². The summed E-state index contributed by atoms with van der Waals surface area (Å²) in [7, 11) is 0. The van der Waals surface area contributed by atoms with Crippen molar-refractivity contribution >= 4 is 73.5 Å². The SMILES string of the molecule is O=C(N/N=C\c1cccc(OC(=O)c2sc3ccccc3c2Cl)c1)C(=O)Nc1cccc2ccccc12. The molecule has 9 heteroatoms. The maximum Gasteiger partial charge on any atom is 0.355 e. The molecule has 0 spiro atoms. The summed E-state index contributed by atoms with van der Waals surface area (Å²) >= 11 is 7.63. The van der Waals surface area contributed by atoms with Crippen molar-refractivity contribution in [3.63, 3.8) is 0 Å². The molecule has 7 nitrogen and oxygen atoms in total. The first-order valence-corrected chi connectivity index (χ1v) is 12.3. The number of hydrogen-bond donors (Lipinski definition) is 2. The normalized spacial score (nSPS) is 11.1. The monoisotopic (exact) mass is 527 g/mol. The van der Waals surface area contributed by atoms with Gasteiger partial charge in [-0.05, 0) is 35.2 Å². The van der Waals surface area contributed by atoms with Gasteiger partial charge in [0.25, 0.3) is 0 Å². The lowest BCUT2D eigenvalue weighted by Crippen LogP contribution is -2.32. The van der Waals surface area contributed by atoms with Crippen LogP contribution in [0.4, 0.5) is 5.69 Å². The smallest absolute Gasteiger partial charge is 0.355 e. The topological polar surface area (TPSA) is 96.9 Å². The van der Waals surface area contributed by atoms with E-state index in [9.17, 15) is 14.4 Å². The molecule has 0 aliphatic heterocycles. The van der Waals surface area contributed by atoms with Crippen LogP contribution in [-0.4, -0.2) is 24.0 Å². The molecular formula is C28H18ClN3O4S. The lowest BCUT2D eigenvalue weighted by molar-refractivity contribution is -0.136. The Morgan fingerprint density at radius 3 is 2.41 bits per heavy atom. The molecule has 2 N–H and O–H groups in total. The van der Waals surface area contributed by atoms with E-state index in [1.54, 1.807) is 36.4 Å². The fourth-order valence-electron chi connectivity index (χ4n) is 3.69. The van der Waals surface area contributed by atoms with Crippen molar-refractivity contribution in [2.45, 2.75) is 0 Å². The lowest BCUT2D eigenvalue weighted by Gasteiger charge is -2.07. The first-order valence-electron chi connectivity index (χ1n) is 11.1. The molecule has 4 aromatic carbocycles. The van der Waals surface area contributed by atoms with Crippen LogP contribution in [0, 0.1) is 0 Å². The van der Waals surface area contributed by atoms with Gasteiger partial charge in [0.15, 0.2) is 0 Å². The third-order valence-electron chi connectivity index (χ3n) is 5.41. The van der Waals surface area contributed by atoms with Crippen LogP contribution in [0.1, 0.15) is 15.2 Å². The van der Waals surface area contributed by atoms with Gasteiger partial charge in [0.05, 0.1) is 11.2 Å². The summed E-state index contributed by atoms with van der Waals surface area (Å²) in [5, 5.41) is 9.35. The van der Waals surface area contributed by atoms with Crippen molar-refractivity contribution in [3.8, 4) is 5.75 Å². The number of thiophene rings is 1. The molecular weight excluding hydrogens is 510 g/mol. The molecule has 1 heterocycles. The van der Waals surface area contributed by atoms with Gasteiger partial charge >= 0.3 is 17.8 Å². The highest BCUT2D eigenvalue weighted by molar-refractivity contribution is 7.21. The number of halogens is 1. The van der Waals surface area contributed by atoms with E-state index in [4.69, 9.17) is 16.3 Å². The number of fused-ring (bicyclic) bond motifs is 2. The summed E-state index contributed by atoms with van der Waals surface area (Å²) in [6, 6.07) is 27.0. The predicted molar refractivity (Wildman–Crippen MR) is 147 cm³/mol. The number of esters is 1. The Balaban J connectivity index is 1.21. The number of nitrogens with zero attached hydrogens (tertiary/aromatic N) is 1. The van der Waals surface area contributed by atoms with E-state index in [2.05, 4.69) is 15.8 Å². The van der Waals surface area contributed by atoms with Gasteiger partial charge in [0, 0.05) is 21.2 Å². The quantitative estimate of drug-likeness (QED) is 0.0960. The minimum Gasteiger partial charge on any atom is -0.422 e. The summed E-state index contributed by atoms with van der Waals surface area (Å²) in [5.74, 6) is -2.07. The van der Waals surface area contributed by atoms with E-state index in [0.29, 0.717) is 21.2 Å². The van der Waals surface area contributed by atoms with Crippen molar-refractivity contribution in [1.82, 2.24) is 5.43 Å². The molecule has 0 aliphatic rings. The highest BCUT2D eigenvalue weighted by atomic mass is 35.5. The van der Waals surface area contributed by atoms with Gasteiger partial charge in [-0.1, -0.05) is 78.3 Å². The van der Waals surface area contributed by atoms with E-state index in [-0.39, 0.29) is 5.75 Å². The van der Waals surface area contributed by atoms with Crippen LogP contribution in [0.15, 0.2) is 96.1 Å². The van der Waals surface area contributed by atoms with Crippen molar-refractivity contribution in [2.24, 2.45) is 5.10 Å². The number of anilines is 1.